The highest BCUT2D eigenvalue weighted by atomic mass is 16.2. The van der Waals surface area contributed by atoms with E-state index in [4.69, 9.17) is 0 Å². The first-order chi connectivity index (χ1) is 12.3. The molecule has 138 valence electrons. The number of nitrogens with one attached hydrogen (secondary N) is 1. The Bertz CT molecular complexity index is 762. The van der Waals surface area contributed by atoms with Crippen LogP contribution in [0.5, 0.6) is 0 Å². The maximum atomic E-state index is 12.5. The smallest absolute Gasteiger partial charge is 0.270 e. The second-order valence-electron chi connectivity index (χ2n) is 7.67. The van der Waals surface area contributed by atoms with Gasteiger partial charge in [-0.15, -0.1) is 0 Å². The monoisotopic (exact) mass is 353 g/mol. The fourth-order valence-electron chi connectivity index (χ4n) is 3.07. The molecular weight excluding hydrogens is 326 g/mol. The third-order valence-electron chi connectivity index (χ3n) is 4.27. The second kappa shape index (κ2) is 7.32. The van der Waals surface area contributed by atoms with E-state index in [0.717, 1.165) is 32.0 Å². The number of aryl methyl sites for hydroxylation is 1. The van der Waals surface area contributed by atoms with Crippen LogP contribution >= 0.6 is 0 Å². The van der Waals surface area contributed by atoms with Crippen LogP contribution < -0.4 is 15.1 Å². The van der Waals surface area contributed by atoms with E-state index in [1.807, 2.05) is 33.8 Å². The average molecular weight is 353 g/mol. The molecule has 1 aliphatic heterocycles. The Morgan fingerprint density at radius 2 is 1.62 bits per heavy atom. The van der Waals surface area contributed by atoms with Gasteiger partial charge < -0.3 is 15.1 Å². The number of carbonyl (C=O) groups excluding carboxylic acids is 1. The molecule has 0 aliphatic carbocycles. The summed E-state index contributed by atoms with van der Waals surface area (Å²) in [5, 5.41) is 2.97. The molecule has 3 rings (SSSR count). The van der Waals surface area contributed by atoms with E-state index >= 15 is 0 Å². The van der Waals surface area contributed by atoms with Gasteiger partial charge in [0, 0.05) is 43.5 Å². The van der Waals surface area contributed by atoms with Gasteiger partial charge in [0.15, 0.2) is 0 Å². The molecule has 26 heavy (non-hydrogen) atoms. The summed E-state index contributed by atoms with van der Waals surface area (Å²) in [5.74, 6) is 1.28. The Morgan fingerprint density at radius 1 is 1.00 bits per heavy atom. The van der Waals surface area contributed by atoms with Crippen molar-refractivity contribution in [2.75, 3.05) is 36.0 Å². The van der Waals surface area contributed by atoms with E-state index in [9.17, 15) is 4.79 Å². The molecule has 1 saturated heterocycles. The van der Waals surface area contributed by atoms with Crippen LogP contribution in [0.4, 0.5) is 11.5 Å². The SMILES string of the molecule is Cc1nc(C(=O)NC(C)(C)C)cc(N2CCN(c3ccccc3)CC2)n1. The molecule has 0 atom stereocenters. The van der Waals surface area contributed by atoms with Crippen LogP contribution in [0.15, 0.2) is 36.4 Å². The normalized spacial score (nSPS) is 15.1. The third kappa shape index (κ3) is 4.50. The van der Waals surface area contributed by atoms with Crippen molar-refractivity contribution >= 4 is 17.4 Å². The highest BCUT2D eigenvalue weighted by Crippen LogP contribution is 2.20. The molecule has 0 spiro atoms. The van der Waals surface area contributed by atoms with Gasteiger partial charge in [-0.2, -0.15) is 0 Å². The zero-order valence-corrected chi connectivity index (χ0v) is 16.0. The van der Waals surface area contributed by atoms with E-state index in [-0.39, 0.29) is 11.4 Å². The minimum atomic E-state index is -0.294. The number of rotatable bonds is 3. The number of para-hydroxylation sites is 1. The van der Waals surface area contributed by atoms with Gasteiger partial charge in [0.2, 0.25) is 0 Å². The number of hydrogen-bond acceptors (Lipinski definition) is 5. The third-order valence-corrected chi connectivity index (χ3v) is 4.27. The number of benzene rings is 1. The molecule has 0 saturated carbocycles. The number of amides is 1. The van der Waals surface area contributed by atoms with Crippen molar-refractivity contribution in [3.63, 3.8) is 0 Å². The van der Waals surface area contributed by atoms with Gasteiger partial charge in [-0.25, -0.2) is 9.97 Å². The van der Waals surface area contributed by atoms with Gasteiger partial charge in [-0.1, -0.05) is 18.2 Å². The van der Waals surface area contributed by atoms with Crippen LogP contribution in [-0.4, -0.2) is 47.6 Å². The summed E-state index contributed by atoms with van der Waals surface area (Å²) in [6.07, 6.45) is 0. The van der Waals surface area contributed by atoms with Gasteiger partial charge >= 0.3 is 0 Å². The minimum absolute atomic E-state index is 0.160. The first-order valence-corrected chi connectivity index (χ1v) is 9.05. The largest absolute Gasteiger partial charge is 0.368 e. The maximum absolute atomic E-state index is 12.5. The maximum Gasteiger partial charge on any atom is 0.270 e. The van der Waals surface area contributed by atoms with Crippen molar-refractivity contribution in [1.29, 1.82) is 0 Å². The highest BCUT2D eigenvalue weighted by molar-refractivity contribution is 5.93. The standard InChI is InChI=1S/C20H27N5O/c1-15-21-17(19(26)23-20(2,3)4)14-18(22-15)25-12-10-24(11-13-25)16-8-6-5-7-9-16/h5-9,14H,10-13H2,1-4H3,(H,23,26). The van der Waals surface area contributed by atoms with E-state index in [1.165, 1.54) is 5.69 Å². The Morgan fingerprint density at radius 3 is 2.23 bits per heavy atom. The van der Waals surface area contributed by atoms with E-state index < -0.39 is 0 Å². The summed E-state index contributed by atoms with van der Waals surface area (Å²) in [6.45, 7) is 11.3. The molecule has 0 bridgehead atoms. The number of piperazine rings is 1. The summed E-state index contributed by atoms with van der Waals surface area (Å²) in [5.41, 5.74) is 1.38. The summed E-state index contributed by atoms with van der Waals surface area (Å²) < 4.78 is 0. The van der Waals surface area contributed by atoms with Crippen molar-refractivity contribution in [3.05, 3.63) is 47.9 Å². The second-order valence-corrected chi connectivity index (χ2v) is 7.67. The molecule has 0 radical (unpaired) electrons. The van der Waals surface area contributed by atoms with Gasteiger partial charge in [0.1, 0.15) is 17.3 Å². The molecule has 2 heterocycles. The number of aromatic nitrogens is 2. The fourth-order valence-corrected chi connectivity index (χ4v) is 3.07. The van der Waals surface area contributed by atoms with Crippen molar-refractivity contribution in [2.45, 2.75) is 33.2 Å². The summed E-state index contributed by atoms with van der Waals surface area (Å²) in [7, 11) is 0. The average Bonchev–Trinajstić information content (AvgIpc) is 2.61. The van der Waals surface area contributed by atoms with Gasteiger partial charge in [-0.05, 0) is 39.8 Å². The van der Waals surface area contributed by atoms with E-state index in [1.54, 1.807) is 6.07 Å². The Balaban J connectivity index is 1.71. The lowest BCUT2D eigenvalue weighted by molar-refractivity contribution is 0.0914. The lowest BCUT2D eigenvalue weighted by atomic mass is 10.1. The van der Waals surface area contributed by atoms with Crippen LogP contribution in [0.2, 0.25) is 0 Å². The van der Waals surface area contributed by atoms with Crippen LogP contribution in [-0.2, 0) is 0 Å². The molecule has 1 amide bonds. The zero-order chi connectivity index (χ0) is 18.7. The molecule has 6 nitrogen and oxygen atoms in total. The summed E-state index contributed by atoms with van der Waals surface area (Å²) in [6, 6.07) is 12.2. The van der Waals surface area contributed by atoms with Crippen molar-refractivity contribution < 1.29 is 4.79 Å². The Kier molecular flexibility index (Phi) is 5.11. The molecule has 6 heteroatoms. The number of hydrogen-bond donors (Lipinski definition) is 1. The number of nitrogens with zero attached hydrogens (tertiary/aromatic N) is 4. The summed E-state index contributed by atoms with van der Waals surface area (Å²) in [4.78, 5) is 25.9. The number of carbonyl (C=O) groups is 1. The molecule has 1 aliphatic rings. The van der Waals surface area contributed by atoms with Crippen LogP contribution in [0, 0.1) is 6.92 Å². The lowest BCUT2D eigenvalue weighted by Crippen LogP contribution is -2.47. The molecular formula is C20H27N5O. The van der Waals surface area contributed by atoms with Crippen molar-refractivity contribution in [1.82, 2.24) is 15.3 Å². The molecule has 1 aromatic heterocycles. The lowest BCUT2D eigenvalue weighted by Gasteiger charge is -2.36. The molecule has 0 unspecified atom stereocenters. The van der Waals surface area contributed by atoms with Gasteiger partial charge in [0.05, 0.1) is 0 Å². The summed E-state index contributed by atoms with van der Waals surface area (Å²) >= 11 is 0. The van der Waals surface area contributed by atoms with Crippen LogP contribution in [0.3, 0.4) is 0 Å². The minimum Gasteiger partial charge on any atom is -0.368 e. The van der Waals surface area contributed by atoms with E-state index in [0.29, 0.717) is 11.5 Å². The topological polar surface area (TPSA) is 61.4 Å². The first kappa shape index (κ1) is 18.2. The Hall–Kier alpha value is -2.63. The fraction of sp³-hybridized carbons (Fsp3) is 0.450. The van der Waals surface area contributed by atoms with E-state index in [2.05, 4.69) is 49.4 Å². The Labute approximate surface area is 155 Å². The molecule has 1 fully saturated rings. The predicted molar refractivity (Wildman–Crippen MR) is 105 cm³/mol. The molecule has 1 aromatic carbocycles. The first-order valence-electron chi connectivity index (χ1n) is 9.05. The quantitative estimate of drug-likeness (QED) is 0.919. The van der Waals surface area contributed by atoms with Gasteiger partial charge in [0.25, 0.3) is 5.91 Å². The zero-order valence-electron chi connectivity index (χ0n) is 16.0. The van der Waals surface area contributed by atoms with Gasteiger partial charge in [-0.3, -0.25) is 4.79 Å². The molecule has 1 N–H and O–H groups in total. The van der Waals surface area contributed by atoms with Crippen molar-refractivity contribution in [3.8, 4) is 0 Å². The highest BCUT2D eigenvalue weighted by Gasteiger charge is 2.22. The molecule has 2 aromatic rings. The predicted octanol–water partition coefficient (Wildman–Crippen LogP) is 2.64. The van der Waals surface area contributed by atoms with Crippen LogP contribution in [0.25, 0.3) is 0 Å². The van der Waals surface area contributed by atoms with Crippen molar-refractivity contribution in [2.24, 2.45) is 0 Å². The number of anilines is 2. The van der Waals surface area contributed by atoms with Crippen LogP contribution in [0.1, 0.15) is 37.1 Å².